The molecule has 0 aliphatic rings. The number of methoxy groups -OCH3 is 1. The van der Waals surface area contributed by atoms with Gasteiger partial charge in [0, 0.05) is 10.6 Å². The second-order valence-electron chi connectivity index (χ2n) is 6.12. The van der Waals surface area contributed by atoms with Gasteiger partial charge in [-0.05, 0) is 66.1 Å². The molecular formula is C21H17ClN2O2. The number of anilines is 1. The van der Waals surface area contributed by atoms with Crippen LogP contribution in [0.25, 0.3) is 33.7 Å². The summed E-state index contributed by atoms with van der Waals surface area (Å²) in [7, 11) is 1.59. The highest BCUT2D eigenvalue weighted by Crippen LogP contribution is 2.32. The number of hydrogen-bond acceptors (Lipinski definition) is 4. The standard InChI is InChI=1S/C21H17ClN2O2/c1-12-9-13(3-6-16(12)22)14-4-8-20-18(11-14)24-21(26-20)15-5-7-19(25-2)17(23)10-15/h3-11H,23H2,1-2H3. The molecule has 5 heteroatoms. The van der Waals surface area contributed by atoms with Gasteiger partial charge in [-0.15, -0.1) is 0 Å². The van der Waals surface area contributed by atoms with Crippen molar-refractivity contribution in [3.05, 3.63) is 65.2 Å². The molecule has 0 fully saturated rings. The smallest absolute Gasteiger partial charge is 0.227 e. The summed E-state index contributed by atoms with van der Waals surface area (Å²) in [6, 6.07) is 17.4. The Kier molecular flexibility index (Phi) is 4.05. The summed E-state index contributed by atoms with van der Waals surface area (Å²) in [5.74, 6) is 1.16. The minimum absolute atomic E-state index is 0.527. The summed E-state index contributed by atoms with van der Waals surface area (Å²) in [4.78, 5) is 4.62. The Labute approximate surface area is 156 Å². The Morgan fingerprint density at radius 3 is 2.42 bits per heavy atom. The Morgan fingerprint density at radius 1 is 0.962 bits per heavy atom. The highest BCUT2D eigenvalue weighted by molar-refractivity contribution is 6.31. The molecule has 0 saturated carbocycles. The van der Waals surface area contributed by atoms with Crippen molar-refractivity contribution in [3.8, 4) is 28.3 Å². The van der Waals surface area contributed by atoms with E-state index in [0.29, 0.717) is 17.3 Å². The van der Waals surface area contributed by atoms with Crippen LogP contribution in [0.3, 0.4) is 0 Å². The minimum Gasteiger partial charge on any atom is -0.495 e. The van der Waals surface area contributed by atoms with Gasteiger partial charge in [-0.1, -0.05) is 23.7 Å². The van der Waals surface area contributed by atoms with E-state index in [-0.39, 0.29) is 0 Å². The molecule has 4 aromatic rings. The number of nitrogens with zero attached hydrogens (tertiary/aromatic N) is 1. The van der Waals surface area contributed by atoms with Crippen molar-refractivity contribution in [2.45, 2.75) is 6.92 Å². The zero-order chi connectivity index (χ0) is 18.3. The number of ether oxygens (including phenoxy) is 1. The summed E-state index contributed by atoms with van der Waals surface area (Å²) in [5, 5.41) is 0.760. The summed E-state index contributed by atoms with van der Waals surface area (Å²) in [6.07, 6.45) is 0. The first-order chi connectivity index (χ1) is 12.5. The summed E-state index contributed by atoms with van der Waals surface area (Å²) in [5.41, 5.74) is 12.0. The lowest BCUT2D eigenvalue weighted by atomic mass is 10.0. The molecule has 0 atom stereocenters. The fraction of sp³-hybridized carbons (Fsp3) is 0.0952. The fourth-order valence-electron chi connectivity index (χ4n) is 2.92. The molecule has 0 saturated heterocycles. The molecule has 0 aliphatic carbocycles. The summed E-state index contributed by atoms with van der Waals surface area (Å²) < 4.78 is 11.1. The van der Waals surface area contributed by atoms with Gasteiger partial charge in [0.05, 0.1) is 12.8 Å². The van der Waals surface area contributed by atoms with Crippen LogP contribution in [0.15, 0.2) is 59.0 Å². The van der Waals surface area contributed by atoms with Crippen molar-refractivity contribution in [1.82, 2.24) is 4.98 Å². The molecule has 1 heterocycles. The highest BCUT2D eigenvalue weighted by atomic mass is 35.5. The van der Waals surface area contributed by atoms with Gasteiger partial charge in [0.2, 0.25) is 5.89 Å². The molecule has 130 valence electrons. The Morgan fingerprint density at radius 2 is 1.69 bits per heavy atom. The third-order valence-electron chi connectivity index (χ3n) is 4.36. The lowest BCUT2D eigenvalue weighted by Gasteiger charge is -2.04. The molecule has 26 heavy (non-hydrogen) atoms. The number of oxazole rings is 1. The van der Waals surface area contributed by atoms with Crippen LogP contribution in [0.1, 0.15) is 5.56 Å². The van der Waals surface area contributed by atoms with Gasteiger partial charge < -0.3 is 14.9 Å². The normalized spacial score (nSPS) is 11.0. The van der Waals surface area contributed by atoms with Gasteiger partial charge >= 0.3 is 0 Å². The molecule has 0 bridgehead atoms. The van der Waals surface area contributed by atoms with E-state index in [1.165, 1.54) is 0 Å². The zero-order valence-corrected chi connectivity index (χ0v) is 15.2. The fourth-order valence-corrected chi connectivity index (χ4v) is 3.04. The number of rotatable bonds is 3. The first-order valence-electron chi connectivity index (χ1n) is 8.16. The van der Waals surface area contributed by atoms with E-state index in [1.54, 1.807) is 19.2 Å². The first-order valence-corrected chi connectivity index (χ1v) is 8.54. The van der Waals surface area contributed by atoms with Gasteiger partial charge in [0.15, 0.2) is 5.58 Å². The van der Waals surface area contributed by atoms with Gasteiger partial charge in [0.25, 0.3) is 0 Å². The molecule has 1 aromatic heterocycles. The Hall–Kier alpha value is -2.98. The third-order valence-corrected chi connectivity index (χ3v) is 4.78. The molecule has 4 nitrogen and oxygen atoms in total. The third kappa shape index (κ3) is 2.89. The zero-order valence-electron chi connectivity index (χ0n) is 14.4. The van der Waals surface area contributed by atoms with Crippen LogP contribution in [0.4, 0.5) is 5.69 Å². The van der Waals surface area contributed by atoms with Crippen LogP contribution in [-0.4, -0.2) is 12.1 Å². The predicted octanol–water partition coefficient (Wildman–Crippen LogP) is 5.71. The van der Waals surface area contributed by atoms with Gasteiger partial charge in [-0.2, -0.15) is 0 Å². The maximum Gasteiger partial charge on any atom is 0.227 e. The van der Waals surface area contributed by atoms with Crippen molar-refractivity contribution >= 4 is 28.4 Å². The second kappa shape index (κ2) is 6.39. The average molecular weight is 365 g/mol. The van der Waals surface area contributed by atoms with Gasteiger partial charge in [-0.25, -0.2) is 4.98 Å². The molecule has 0 spiro atoms. The van der Waals surface area contributed by atoms with Crippen molar-refractivity contribution in [2.75, 3.05) is 12.8 Å². The first kappa shape index (κ1) is 16.5. The van der Waals surface area contributed by atoms with Crippen LogP contribution in [0.2, 0.25) is 5.02 Å². The number of aromatic nitrogens is 1. The monoisotopic (exact) mass is 364 g/mol. The van der Waals surface area contributed by atoms with E-state index in [1.807, 2.05) is 43.3 Å². The molecular weight excluding hydrogens is 348 g/mol. The molecule has 3 aromatic carbocycles. The molecule has 2 N–H and O–H groups in total. The van der Waals surface area contributed by atoms with E-state index in [2.05, 4.69) is 11.1 Å². The average Bonchev–Trinajstić information content (AvgIpc) is 3.07. The number of hydrogen-bond donors (Lipinski definition) is 1. The van der Waals surface area contributed by atoms with Gasteiger partial charge in [0.1, 0.15) is 11.3 Å². The SMILES string of the molecule is COc1ccc(-c2nc3cc(-c4ccc(Cl)c(C)c4)ccc3o2)cc1N. The highest BCUT2D eigenvalue weighted by Gasteiger charge is 2.11. The maximum absolute atomic E-state index is 6.12. The van der Waals surface area contributed by atoms with Crippen LogP contribution in [0, 0.1) is 6.92 Å². The number of nitrogens with two attached hydrogens (primary N) is 1. The van der Waals surface area contributed by atoms with Crippen LogP contribution < -0.4 is 10.5 Å². The predicted molar refractivity (Wildman–Crippen MR) is 106 cm³/mol. The van der Waals surface area contributed by atoms with Crippen molar-refractivity contribution in [3.63, 3.8) is 0 Å². The van der Waals surface area contributed by atoms with E-state index < -0.39 is 0 Å². The lowest BCUT2D eigenvalue weighted by Crippen LogP contribution is -1.92. The molecule has 0 radical (unpaired) electrons. The minimum atomic E-state index is 0.527. The van der Waals surface area contributed by atoms with E-state index >= 15 is 0 Å². The molecule has 0 amide bonds. The largest absolute Gasteiger partial charge is 0.495 e. The number of benzene rings is 3. The van der Waals surface area contributed by atoms with Gasteiger partial charge in [-0.3, -0.25) is 0 Å². The quantitative estimate of drug-likeness (QED) is 0.472. The topological polar surface area (TPSA) is 61.3 Å². The summed E-state index contributed by atoms with van der Waals surface area (Å²) >= 11 is 6.12. The number of fused-ring (bicyclic) bond motifs is 1. The van der Waals surface area contributed by atoms with Crippen molar-refractivity contribution in [2.24, 2.45) is 0 Å². The number of nitrogen functional groups attached to an aromatic ring is 1. The van der Waals surface area contributed by atoms with Crippen LogP contribution in [-0.2, 0) is 0 Å². The molecule has 0 aliphatic heterocycles. The maximum atomic E-state index is 6.12. The number of halogens is 1. The second-order valence-corrected chi connectivity index (χ2v) is 6.53. The van der Waals surface area contributed by atoms with E-state index in [4.69, 9.17) is 26.5 Å². The van der Waals surface area contributed by atoms with Crippen molar-refractivity contribution in [1.29, 1.82) is 0 Å². The summed E-state index contributed by atoms with van der Waals surface area (Å²) in [6.45, 7) is 1.99. The Balaban J connectivity index is 1.76. The van der Waals surface area contributed by atoms with E-state index in [9.17, 15) is 0 Å². The van der Waals surface area contributed by atoms with Crippen LogP contribution >= 0.6 is 11.6 Å². The van der Waals surface area contributed by atoms with Crippen molar-refractivity contribution < 1.29 is 9.15 Å². The number of aryl methyl sites for hydroxylation is 1. The lowest BCUT2D eigenvalue weighted by molar-refractivity contribution is 0.417. The van der Waals surface area contributed by atoms with Crippen LogP contribution in [0.5, 0.6) is 5.75 Å². The Bertz CT molecular complexity index is 1120. The molecule has 4 rings (SSSR count). The van der Waals surface area contributed by atoms with E-state index in [0.717, 1.165) is 38.4 Å². The molecule has 0 unspecified atom stereocenters.